The number of H-pyrrole nitrogens is 1. The molecule has 1 aromatic carbocycles. The number of carbonyl (C=O) groups excluding carboxylic acids is 1. The minimum absolute atomic E-state index is 0. The van der Waals surface area contributed by atoms with Gasteiger partial charge in [0.2, 0.25) is 5.91 Å². The van der Waals surface area contributed by atoms with Crippen LogP contribution in [-0.4, -0.2) is 37.7 Å². The van der Waals surface area contributed by atoms with Crippen LogP contribution in [0, 0.1) is 0 Å². The average molecular weight is 370 g/mol. The van der Waals surface area contributed by atoms with Crippen molar-refractivity contribution in [1.29, 1.82) is 0 Å². The Bertz CT molecular complexity index is 688. The summed E-state index contributed by atoms with van der Waals surface area (Å²) >= 11 is 0. The second-order valence-electron chi connectivity index (χ2n) is 5.88. The highest BCUT2D eigenvalue weighted by Crippen LogP contribution is 2.31. The molecular weight excluding hydrogens is 342 g/mol. The highest BCUT2D eigenvalue weighted by atomic mass is 35.5. The second kappa shape index (κ2) is 10.2. The molecule has 0 aliphatic rings. The number of aromatic nitrogens is 1. The fraction of sp³-hybridized carbons (Fsp3) is 0.500. The number of aromatic amines is 1. The number of methoxy groups -OCH3 is 2. The lowest BCUT2D eigenvalue weighted by atomic mass is 10.1. The SMILES string of the molecule is CCCC(N)C(=O)NCCCc1cc2c(OC)cc(OC)cc2[nH]1.Cl. The van der Waals surface area contributed by atoms with E-state index in [-0.39, 0.29) is 18.3 Å². The Morgan fingerprint density at radius 1 is 1.28 bits per heavy atom. The monoisotopic (exact) mass is 369 g/mol. The zero-order chi connectivity index (χ0) is 17.5. The summed E-state index contributed by atoms with van der Waals surface area (Å²) in [4.78, 5) is 15.1. The number of ether oxygens (including phenoxy) is 2. The van der Waals surface area contributed by atoms with Crippen LogP contribution in [0.1, 0.15) is 31.9 Å². The number of fused-ring (bicyclic) bond motifs is 1. The van der Waals surface area contributed by atoms with Crippen LogP contribution in [0.15, 0.2) is 18.2 Å². The molecule has 0 aliphatic carbocycles. The van der Waals surface area contributed by atoms with E-state index in [0.29, 0.717) is 6.54 Å². The van der Waals surface area contributed by atoms with E-state index < -0.39 is 6.04 Å². The summed E-state index contributed by atoms with van der Waals surface area (Å²) in [5, 5.41) is 3.92. The van der Waals surface area contributed by atoms with Crippen LogP contribution in [0.25, 0.3) is 10.9 Å². The first kappa shape index (κ1) is 21.1. The number of rotatable bonds is 9. The summed E-state index contributed by atoms with van der Waals surface area (Å²) < 4.78 is 10.7. The average Bonchev–Trinajstić information content (AvgIpc) is 3.00. The van der Waals surface area contributed by atoms with Gasteiger partial charge >= 0.3 is 0 Å². The van der Waals surface area contributed by atoms with Gasteiger partial charge in [0.05, 0.1) is 25.8 Å². The molecule has 0 aliphatic heterocycles. The Hall–Kier alpha value is -1.92. The molecule has 0 saturated heterocycles. The van der Waals surface area contributed by atoms with E-state index in [1.54, 1.807) is 14.2 Å². The Kier molecular flexibility index (Phi) is 8.58. The largest absolute Gasteiger partial charge is 0.497 e. The topological polar surface area (TPSA) is 89.4 Å². The van der Waals surface area contributed by atoms with Crippen molar-refractivity contribution in [2.75, 3.05) is 20.8 Å². The molecule has 2 rings (SSSR count). The minimum Gasteiger partial charge on any atom is -0.497 e. The minimum atomic E-state index is -0.403. The van der Waals surface area contributed by atoms with E-state index in [9.17, 15) is 4.79 Å². The van der Waals surface area contributed by atoms with E-state index in [1.165, 1.54) is 0 Å². The fourth-order valence-electron chi connectivity index (χ4n) is 2.72. The van der Waals surface area contributed by atoms with Crippen LogP contribution in [-0.2, 0) is 11.2 Å². The fourth-order valence-corrected chi connectivity index (χ4v) is 2.72. The van der Waals surface area contributed by atoms with Gasteiger partial charge in [-0.05, 0) is 25.3 Å². The third-order valence-corrected chi connectivity index (χ3v) is 4.04. The van der Waals surface area contributed by atoms with Crippen LogP contribution in [0.4, 0.5) is 0 Å². The predicted octanol–water partition coefficient (Wildman–Crippen LogP) is 2.78. The molecule has 2 aromatic rings. The van der Waals surface area contributed by atoms with Gasteiger partial charge in [0.25, 0.3) is 0 Å². The van der Waals surface area contributed by atoms with Crippen molar-refractivity contribution in [2.45, 2.75) is 38.6 Å². The number of amides is 1. The van der Waals surface area contributed by atoms with E-state index in [4.69, 9.17) is 15.2 Å². The van der Waals surface area contributed by atoms with Crippen LogP contribution in [0.2, 0.25) is 0 Å². The van der Waals surface area contributed by atoms with E-state index in [2.05, 4.69) is 16.4 Å². The van der Waals surface area contributed by atoms with Crippen LogP contribution in [0.5, 0.6) is 11.5 Å². The van der Waals surface area contributed by atoms with Gasteiger partial charge in [-0.2, -0.15) is 0 Å². The molecule has 6 nitrogen and oxygen atoms in total. The predicted molar refractivity (Wildman–Crippen MR) is 103 cm³/mol. The number of benzene rings is 1. The molecule has 1 heterocycles. The van der Waals surface area contributed by atoms with Crippen molar-refractivity contribution in [2.24, 2.45) is 5.73 Å². The molecular formula is C18H28ClN3O3. The van der Waals surface area contributed by atoms with Crippen molar-refractivity contribution in [3.63, 3.8) is 0 Å². The highest BCUT2D eigenvalue weighted by molar-refractivity contribution is 5.88. The molecule has 25 heavy (non-hydrogen) atoms. The molecule has 0 bridgehead atoms. The van der Waals surface area contributed by atoms with Crippen molar-refractivity contribution in [3.8, 4) is 11.5 Å². The standard InChI is InChI=1S/C18H27N3O3.ClH/c1-4-6-15(19)18(22)20-8-5-7-12-9-14-16(21-12)10-13(23-2)11-17(14)24-3;/h9-11,15,21H,4-8,19H2,1-3H3,(H,20,22);1H. The van der Waals surface area contributed by atoms with Gasteiger partial charge in [0.1, 0.15) is 11.5 Å². The summed E-state index contributed by atoms with van der Waals surface area (Å²) in [6, 6.07) is 5.50. The quantitative estimate of drug-likeness (QED) is 0.593. The number of nitrogens with two attached hydrogens (primary N) is 1. The van der Waals surface area contributed by atoms with Gasteiger partial charge in [-0.15, -0.1) is 12.4 Å². The van der Waals surface area contributed by atoms with Crippen molar-refractivity contribution in [3.05, 3.63) is 23.9 Å². The highest BCUT2D eigenvalue weighted by Gasteiger charge is 2.12. The van der Waals surface area contributed by atoms with Crippen LogP contribution in [0.3, 0.4) is 0 Å². The van der Waals surface area contributed by atoms with Gasteiger partial charge in [-0.25, -0.2) is 0 Å². The van der Waals surface area contributed by atoms with Crippen molar-refractivity contribution >= 4 is 29.2 Å². The zero-order valence-corrected chi connectivity index (χ0v) is 15.9. The second-order valence-corrected chi connectivity index (χ2v) is 5.88. The molecule has 7 heteroatoms. The molecule has 1 aromatic heterocycles. The third-order valence-electron chi connectivity index (χ3n) is 4.04. The Morgan fingerprint density at radius 3 is 2.68 bits per heavy atom. The lowest BCUT2D eigenvalue weighted by molar-refractivity contribution is -0.122. The summed E-state index contributed by atoms with van der Waals surface area (Å²) in [6.07, 6.45) is 3.31. The number of carbonyl (C=O) groups is 1. The van der Waals surface area contributed by atoms with E-state index >= 15 is 0 Å². The summed E-state index contributed by atoms with van der Waals surface area (Å²) in [7, 11) is 3.28. The van der Waals surface area contributed by atoms with E-state index in [1.807, 2.05) is 19.1 Å². The number of aryl methyl sites for hydroxylation is 1. The van der Waals surface area contributed by atoms with Crippen LogP contribution < -0.4 is 20.5 Å². The Labute approximate surface area is 154 Å². The molecule has 0 fully saturated rings. The first-order chi connectivity index (χ1) is 11.6. The lowest BCUT2D eigenvalue weighted by Gasteiger charge is -2.10. The van der Waals surface area contributed by atoms with Crippen molar-refractivity contribution < 1.29 is 14.3 Å². The maximum atomic E-state index is 11.8. The number of hydrogen-bond acceptors (Lipinski definition) is 4. The zero-order valence-electron chi connectivity index (χ0n) is 15.1. The van der Waals surface area contributed by atoms with Crippen LogP contribution >= 0.6 is 12.4 Å². The molecule has 1 unspecified atom stereocenters. The molecule has 1 amide bonds. The number of nitrogens with one attached hydrogen (secondary N) is 2. The van der Waals surface area contributed by atoms with Gasteiger partial charge < -0.3 is 25.5 Å². The lowest BCUT2D eigenvalue weighted by Crippen LogP contribution is -2.40. The summed E-state index contributed by atoms with van der Waals surface area (Å²) in [6.45, 7) is 2.64. The molecule has 140 valence electrons. The maximum Gasteiger partial charge on any atom is 0.236 e. The van der Waals surface area contributed by atoms with Gasteiger partial charge in [-0.3, -0.25) is 4.79 Å². The number of halogens is 1. The molecule has 0 radical (unpaired) electrons. The summed E-state index contributed by atoms with van der Waals surface area (Å²) in [5.41, 5.74) is 7.87. The maximum absolute atomic E-state index is 11.8. The first-order valence-electron chi connectivity index (χ1n) is 8.36. The smallest absolute Gasteiger partial charge is 0.236 e. The van der Waals surface area contributed by atoms with Gasteiger partial charge in [0.15, 0.2) is 0 Å². The van der Waals surface area contributed by atoms with E-state index in [0.717, 1.165) is 53.8 Å². The van der Waals surface area contributed by atoms with Crippen molar-refractivity contribution in [1.82, 2.24) is 10.3 Å². The van der Waals surface area contributed by atoms with Gasteiger partial charge in [-0.1, -0.05) is 13.3 Å². The molecule has 0 saturated carbocycles. The first-order valence-corrected chi connectivity index (χ1v) is 8.36. The molecule has 1 atom stereocenters. The number of hydrogen-bond donors (Lipinski definition) is 3. The normalized spacial score (nSPS) is 11.7. The Balaban J connectivity index is 0.00000312. The molecule has 0 spiro atoms. The molecule has 4 N–H and O–H groups in total. The van der Waals surface area contributed by atoms with Gasteiger partial charge in [0, 0.05) is 29.8 Å². The Morgan fingerprint density at radius 2 is 2.04 bits per heavy atom. The third kappa shape index (κ3) is 5.54. The summed E-state index contributed by atoms with van der Waals surface area (Å²) in [5.74, 6) is 1.47.